The number of nitrogens with one attached hydrogen (secondary N) is 1. The molecule has 0 bridgehead atoms. The topological polar surface area (TPSA) is 67.9 Å². The van der Waals surface area contributed by atoms with E-state index in [0.29, 0.717) is 25.0 Å². The number of likely N-dealkylation sites (tertiary alicyclic amines) is 1. The fourth-order valence-electron chi connectivity index (χ4n) is 4.84. The molecule has 208 valence electrons. The van der Waals surface area contributed by atoms with Crippen molar-refractivity contribution in [1.29, 1.82) is 0 Å². The number of rotatable bonds is 11. The molecule has 0 aliphatic carbocycles. The van der Waals surface area contributed by atoms with E-state index in [4.69, 9.17) is 9.47 Å². The molecule has 0 spiro atoms. The maximum absolute atomic E-state index is 13.6. The van der Waals surface area contributed by atoms with Crippen LogP contribution in [0, 0.1) is 5.92 Å². The molecule has 1 fully saturated rings. The van der Waals surface area contributed by atoms with Crippen LogP contribution in [0.3, 0.4) is 0 Å². The highest BCUT2D eigenvalue weighted by Gasteiger charge is 2.35. The number of hydrogen-bond acceptors (Lipinski definition) is 5. The summed E-state index contributed by atoms with van der Waals surface area (Å²) in [5.41, 5.74) is 1.39. The second kappa shape index (κ2) is 13.8. The van der Waals surface area contributed by atoms with Gasteiger partial charge < -0.3 is 14.8 Å². The second-order valence-electron chi connectivity index (χ2n) is 11.9. The molecule has 3 rings (SSSR count). The molecule has 6 heteroatoms. The van der Waals surface area contributed by atoms with Gasteiger partial charge in [0.25, 0.3) is 0 Å². The van der Waals surface area contributed by atoms with Gasteiger partial charge in [0, 0.05) is 12.5 Å². The van der Waals surface area contributed by atoms with Gasteiger partial charge in [0.05, 0.1) is 6.04 Å². The second-order valence-corrected chi connectivity index (χ2v) is 11.9. The molecule has 1 aliphatic rings. The van der Waals surface area contributed by atoms with Crippen LogP contribution in [0.25, 0.3) is 0 Å². The van der Waals surface area contributed by atoms with Gasteiger partial charge in [-0.15, -0.1) is 0 Å². The lowest BCUT2D eigenvalue weighted by atomic mass is 9.94. The van der Waals surface area contributed by atoms with E-state index < -0.39 is 17.6 Å². The first-order valence-corrected chi connectivity index (χ1v) is 14.1. The van der Waals surface area contributed by atoms with E-state index in [1.54, 1.807) is 0 Å². The van der Waals surface area contributed by atoms with Crippen molar-refractivity contribution in [3.63, 3.8) is 0 Å². The van der Waals surface area contributed by atoms with E-state index in [-0.39, 0.29) is 11.9 Å². The van der Waals surface area contributed by atoms with Crippen LogP contribution >= 0.6 is 0 Å². The first-order valence-electron chi connectivity index (χ1n) is 14.1. The molecule has 3 atom stereocenters. The third-order valence-electron chi connectivity index (χ3n) is 6.95. The zero-order valence-corrected chi connectivity index (χ0v) is 24.0. The van der Waals surface area contributed by atoms with Crippen LogP contribution in [0.15, 0.2) is 54.6 Å². The van der Waals surface area contributed by atoms with Crippen molar-refractivity contribution in [2.45, 2.75) is 104 Å². The van der Waals surface area contributed by atoms with Gasteiger partial charge >= 0.3 is 5.97 Å². The summed E-state index contributed by atoms with van der Waals surface area (Å²) < 4.78 is 11.6. The highest BCUT2D eigenvalue weighted by atomic mass is 16.6. The number of ether oxygens (including phenoxy) is 2. The molecule has 0 aromatic heterocycles. The number of nitrogens with zero attached hydrogens (tertiary/aromatic N) is 1. The average Bonchev–Trinajstić information content (AvgIpc) is 2.86. The Hall–Kier alpha value is -2.86. The summed E-state index contributed by atoms with van der Waals surface area (Å²) in [7, 11) is 0. The van der Waals surface area contributed by atoms with E-state index in [1.165, 1.54) is 0 Å². The minimum absolute atomic E-state index is 0.0843. The highest BCUT2D eigenvalue weighted by molar-refractivity contribution is 5.88. The van der Waals surface area contributed by atoms with Crippen molar-refractivity contribution in [3.05, 3.63) is 65.7 Å². The Morgan fingerprint density at radius 3 is 2.32 bits per heavy atom. The van der Waals surface area contributed by atoms with Crippen molar-refractivity contribution >= 4 is 11.9 Å². The van der Waals surface area contributed by atoms with E-state index in [1.807, 2.05) is 75.4 Å². The van der Waals surface area contributed by atoms with Crippen LogP contribution in [0.4, 0.5) is 0 Å². The molecular weight excluding hydrogens is 476 g/mol. The molecule has 1 amide bonds. The number of amides is 1. The predicted octanol–water partition coefficient (Wildman–Crippen LogP) is 5.92. The first-order chi connectivity index (χ1) is 18.0. The third-order valence-corrected chi connectivity index (χ3v) is 6.95. The summed E-state index contributed by atoms with van der Waals surface area (Å²) in [5.74, 6) is 0.835. The van der Waals surface area contributed by atoms with Crippen LogP contribution in [0.5, 0.6) is 5.75 Å². The minimum atomic E-state index is -0.762. The van der Waals surface area contributed by atoms with Crippen LogP contribution in [0.1, 0.15) is 78.4 Å². The fraction of sp³-hybridized carbons (Fsp3) is 0.562. The lowest BCUT2D eigenvalue weighted by Crippen LogP contribution is -2.56. The van der Waals surface area contributed by atoms with Crippen molar-refractivity contribution in [2.75, 3.05) is 6.54 Å². The largest absolute Gasteiger partial charge is 0.489 e. The summed E-state index contributed by atoms with van der Waals surface area (Å²) >= 11 is 0. The Kier molecular flexibility index (Phi) is 10.8. The molecule has 1 saturated heterocycles. The van der Waals surface area contributed by atoms with E-state index in [2.05, 4.69) is 31.0 Å². The Labute approximate surface area is 229 Å². The Morgan fingerprint density at radius 2 is 1.68 bits per heavy atom. The monoisotopic (exact) mass is 522 g/mol. The SMILES string of the molecule is CC(C)CCN1C(C)CCCC1C(=O)N[C@@H](Cc1ccc(OCc2ccccc2)cc1)C(=O)OC(C)(C)C. The van der Waals surface area contributed by atoms with Crippen molar-refractivity contribution in [2.24, 2.45) is 5.92 Å². The average molecular weight is 523 g/mol. The summed E-state index contributed by atoms with van der Waals surface area (Å²) in [4.78, 5) is 29.1. The lowest BCUT2D eigenvalue weighted by molar-refractivity contribution is -0.159. The molecule has 6 nitrogen and oxygen atoms in total. The maximum Gasteiger partial charge on any atom is 0.329 e. The molecule has 1 N–H and O–H groups in total. The van der Waals surface area contributed by atoms with Crippen LogP contribution in [-0.2, 0) is 27.4 Å². The van der Waals surface area contributed by atoms with E-state index >= 15 is 0 Å². The summed E-state index contributed by atoms with van der Waals surface area (Å²) in [6, 6.07) is 17.1. The number of piperidine rings is 1. The smallest absolute Gasteiger partial charge is 0.329 e. The van der Waals surface area contributed by atoms with Crippen LogP contribution in [-0.4, -0.2) is 47.0 Å². The zero-order chi connectivity index (χ0) is 27.7. The first kappa shape index (κ1) is 29.7. The highest BCUT2D eigenvalue weighted by Crippen LogP contribution is 2.25. The molecule has 38 heavy (non-hydrogen) atoms. The minimum Gasteiger partial charge on any atom is -0.489 e. The lowest BCUT2D eigenvalue weighted by Gasteiger charge is -2.40. The normalized spacial score (nSPS) is 19.1. The molecule has 0 saturated carbocycles. The number of esters is 1. The zero-order valence-electron chi connectivity index (χ0n) is 24.0. The molecule has 0 radical (unpaired) electrons. The van der Waals surface area contributed by atoms with E-state index in [0.717, 1.165) is 49.1 Å². The molecule has 2 aromatic carbocycles. The van der Waals surface area contributed by atoms with Gasteiger partial charge in [-0.1, -0.05) is 56.3 Å². The Balaban J connectivity index is 1.69. The summed E-state index contributed by atoms with van der Waals surface area (Å²) in [6.45, 7) is 13.5. The number of benzene rings is 2. The fourth-order valence-corrected chi connectivity index (χ4v) is 4.84. The number of carbonyl (C=O) groups excluding carboxylic acids is 2. The van der Waals surface area contributed by atoms with Crippen LogP contribution in [0.2, 0.25) is 0 Å². The number of hydrogen-bond donors (Lipinski definition) is 1. The van der Waals surface area contributed by atoms with Crippen molar-refractivity contribution in [1.82, 2.24) is 10.2 Å². The molecule has 2 unspecified atom stereocenters. The summed E-state index contributed by atoms with van der Waals surface area (Å²) in [5, 5.41) is 3.07. The third kappa shape index (κ3) is 9.46. The summed E-state index contributed by atoms with van der Waals surface area (Å²) in [6.07, 6.45) is 4.31. The predicted molar refractivity (Wildman–Crippen MR) is 152 cm³/mol. The van der Waals surface area contributed by atoms with Crippen molar-refractivity contribution in [3.8, 4) is 5.75 Å². The Bertz CT molecular complexity index is 1010. The quantitative estimate of drug-likeness (QED) is 0.371. The molecule has 2 aromatic rings. The standard InChI is InChI=1S/C32H46N2O4/c1-23(2)19-20-34-24(3)11-10-14-29(34)30(35)33-28(31(36)38-32(4,5)6)21-25-15-17-27(18-16-25)37-22-26-12-8-7-9-13-26/h7-9,12-13,15-18,23-24,28-29H,10-11,14,19-22H2,1-6H3,(H,33,35)/t24?,28-,29?/m0/s1. The van der Waals surface area contributed by atoms with Gasteiger partial charge in [0.15, 0.2) is 0 Å². The van der Waals surface area contributed by atoms with Gasteiger partial charge in [-0.25, -0.2) is 4.79 Å². The van der Waals surface area contributed by atoms with Gasteiger partial charge in [-0.05, 0) is 89.1 Å². The van der Waals surface area contributed by atoms with Gasteiger partial charge in [-0.3, -0.25) is 9.69 Å². The maximum atomic E-state index is 13.6. The molecular formula is C32H46N2O4. The van der Waals surface area contributed by atoms with Crippen molar-refractivity contribution < 1.29 is 19.1 Å². The molecule has 1 aliphatic heterocycles. The Morgan fingerprint density at radius 1 is 1.00 bits per heavy atom. The molecule has 1 heterocycles. The van der Waals surface area contributed by atoms with Gasteiger partial charge in [0.1, 0.15) is 24.0 Å². The van der Waals surface area contributed by atoms with Gasteiger partial charge in [-0.2, -0.15) is 0 Å². The van der Waals surface area contributed by atoms with Gasteiger partial charge in [0.2, 0.25) is 5.91 Å². The van der Waals surface area contributed by atoms with E-state index in [9.17, 15) is 9.59 Å². The van der Waals surface area contributed by atoms with Crippen LogP contribution < -0.4 is 10.1 Å². The number of carbonyl (C=O) groups is 2.